The second-order valence-corrected chi connectivity index (χ2v) is 7.63. The molecule has 1 saturated heterocycles. The lowest BCUT2D eigenvalue weighted by Gasteiger charge is -2.35. The number of nitrogens with zero attached hydrogens (tertiary/aromatic N) is 4. The molecule has 2 heterocycles. The first kappa shape index (κ1) is 24.7. The highest BCUT2D eigenvalue weighted by Crippen LogP contribution is 2.29. The summed E-state index contributed by atoms with van der Waals surface area (Å²) in [5, 5.41) is 7.49. The van der Waals surface area contributed by atoms with Crippen LogP contribution >= 0.6 is 35.6 Å². The third-order valence-corrected chi connectivity index (χ3v) is 5.43. The van der Waals surface area contributed by atoms with Crippen molar-refractivity contribution in [2.45, 2.75) is 19.9 Å². The first-order valence-electron chi connectivity index (χ1n) is 10.3. The predicted molar refractivity (Wildman–Crippen MR) is 137 cm³/mol. The Morgan fingerprint density at radius 2 is 1.90 bits per heavy atom. The highest BCUT2D eigenvalue weighted by atomic mass is 127. The summed E-state index contributed by atoms with van der Waals surface area (Å²) in [5.74, 6) is 0.799. The van der Waals surface area contributed by atoms with Crippen LogP contribution in [0, 0.1) is 0 Å². The molecule has 0 amide bonds. The minimum atomic E-state index is 0. The van der Waals surface area contributed by atoms with E-state index < -0.39 is 0 Å². The van der Waals surface area contributed by atoms with E-state index >= 15 is 0 Å². The lowest BCUT2D eigenvalue weighted by atomic mass is 10.1. The van der Waals surface area contributed by atoms with E-state index in [2.05, 4.69) is 45.5 Å². The van der Waals surface area contributed by atoms with Gasteiger partial charge in [-0.2, -0.15) is 0 Å². The van der Waals surface area contributed by atoms with E-state index in [4.69, 9.17) is 16.6 Å². The van der Waals surface area contributed by atoms with Crippen LogP contribution in [0.2, 0.25) is 5.02 Å². The van der Waals surface area contributed by atoms with Gasteiger partial charge in [-0.3, -0.25) is 4.98 Å². The van der Waals surface area contributed by atoms with Gasteiger partial charge in [0.15, 0.2) is 5.96 Å². The Bertz CT molecular complexity index is 793. The fourth-order valence-corrected chi connectivity index (χ4v) is 3.63. The van der Waals surface area contributed by atoms with Crippen LogP contribution in [0.15, 0.2) is 47.6 Å². The van der Waals surface area contributed by atoms with Gasteiger partial charge in [-0.15, -0.1) is 24.0 Å². The number of hydrogen-bond donors (Lipinski definition) is 2. The molecule has 0 atom stereocenters. The van der Waals surface area contributed by atoms with E-state index in [9.17, 15) is 0 Å². The Balaban J connectivity index is 0.00000320. The molecule has 1 fully saturated rings. The average Bonchev–Trinajstić information content (AvgIpc) is 2.74. The number of nitrogens with one attached hydrogen (secondary N) is 2. The second kappa shape index (κ2) is 13.0. The average molecular weight is 543 g/mol. The summed E-state index contributed by atoms with van der Waals surface area (Å²) in [6.07, 6.45) is 2.68. The molecule has 1 aromatic heterocycles. The number of benzene rings is 1. The summed E-state index contributed by atoms with van der Waals surface area (Å²) in [4.78, 5) is 13.9. The molecule has 2 N–H and O–H groups in total. The number of aliphatic imine (C=N–C) groups is 1. The van der Waals surface area contributed by atoms with E-state index in [1.165, 1.54) is 5.69 Å². The molecule has 1 aromatic carbocycles. The van der Waals surface area contributed by atoms with Gasteiger partial charge >= 0.3 is 0 Å². The van der Waals surface area contributed by atoms with Crippen molar-refractivity contribution in [3.63, 3.8) is 0 Å². The summed E-state index contributed by atoms with van der Waals surface area (Å²) in [6.45, 7) is 8.34. The molecule has 6 nitrogen and oxygen atoms in total. The number of piperazine rings is 1. The van der Waals surface area contributed by atoms with Gasteiger partial charge in [-0.05, 0) is 38.2 Å². The van der Waals surface area contributed by atoms with Crippen LogP contribution in [0.3, 0.4) is 0 Å². The van der Waals surface area contributed by atoms with Crippen LogP contribution in [0.25, 0.3) is 0 Å². The number of rotatable bonds is 7. The lowest BCUT2D eigenvalue weighted by molar-refractivity contribution is 0.312. The van der Waals surface area contributed by atoms with Gasteiger partial charge < -0.3 is 20.4 Å². The monoisotopic (exact) mass is 542 g/mol. The topological polar surface area (TPSA) is 55.8 Å². The molecule has 0 radical (unpaired) electrons. The van der Waals surface area contributed by atoms with Gasteiger partial charge in [0.25, 0.3) is 0 Å². The summed E-state index contributed by atoms with van der Waals surface area (Å²) in [5.41, 5.74) is 3.35. The van der Waals surface area contributed by atoms with Gasteiger partial charge in [0.2, 0.25) is 0 Å². The predicted octanol–water partition coefficient (Wildman–Crippen LogP) is 3.40. The van der Waals surface area contributed by atoms with Gasteiger partial charge in [-0.1, -0.05) is 23.7 Å². The normalized spacial score (nSPS) is 14.9. The van der Waals surface area contributed by atoms with Crippen molar-refractivity contribution in [2.75, 3.05) is 51.2 Å². The summed E-state index contributed by atoms with van der Waals surface area (Å²) in [7, 11) is 2.17. The van der Waals surface area contributed by atoms with Crippen molar-refractivity contribution in [3.05, 3.63) is 58.9 Å². The largest absolute Gasteiger partial charge is 0.369 e. The van der Waals surface area contributed by atoms with Crippen molar-refractivity contribution in [1.29, 1.82) is 0 Å². The zero-order chi connectivity index (χ0) is 20.5. The Kier molecular flexibility index (Phi) is 10.7. The quantitative estimate of drug-likeness (QED) is 0.319. The maximum absolute atomic E-state index is 6.57. The summed E-state index contributed by atoms with van der Waals surface area (Å²) in [6, 6.07) is 12.1. The number of guanidine groups is 1. The molecule has 3 rings (SSSR count). The maximum atomic E-state index is 6.57. The van der Waals surface area contributed by atoms with Crippen LogP contribution in [0.4, 0.5) is 5.69 Å². The highest BCUT2D eigenvalue weighted by molar-refractivity contribution is 14.0. The molecular weight excluding hydrogens is 511 g/mol. The Morgan fingerprint density at radius 3 is 2.60 bits per heavy atom. The van der Waals surface area contributed by atoms with Crippen molar-refractivity contribution in [2.24, 2.45) is 4.99 Å². The van der Waals surface area contributed by atoms with Crippen LogP contribution in [-0.4, -0.2) is 62.2 Å². The van der Waals surface area contributed by atoms with Gasteiger partial charge in [0, 0.05) is 73.9 Å². The number of hydrogen-bond acceptors (Lipinski definition) is 4. The van der Waals surface area contributed by atoms with Crippen LogP contribution in [0.5, 0.6) is 0 Å². The summed E-state index contributed by atoms with van der Waals surface area (Å²) >= 11 is 6.57. The molecule has 30 heavy (non-hydrogen) atoms. The summed E-state index contributed by atoms with van der Waals surface area (Å²) < 4.78 is 0. The SMILES string of the molecule is CCNC(=NCc1c(Cl)cccc1N1CCN(C)CC1)NCCc1ccccn1.I. The molecule has 2 aromatic rings. The molecular formula is C22H32ClIN6. The Labute approximate surface area is 202 Å². The van der Waals surface area contributed by atoms with Crippen molar-refractivity contribution >= 4 is 47.2 Å². The second-order valence-electron chi connectivity index (χ2n) is 7.22. The molecule has 8 heteroatoms. The van der Waals surface area contributed by atoms with E-state index in [-0.39, 0.29) is 24.0 Å². The van der Waals surface area contributed by atoms with Gasteiger partial charge in [-0.25, -0.2) is 4.99 Å². The maximum Gasteiger partial charge on any atom is 0.191 e. The zero-order valence-corrected chi connectivity index (χ0v) is 20.9. The van der Waals surface area contributed by atoms with Crippen molar-refractivity contribution in [3.8, 4) is 0 Å². The zero-order valence-electron chi connectivity index (χ0n) is 17.8. The first-order valence-corrected chi connectivity index (χ1v) is 10.7. The third kappa shape index (κ3) is 7.28. The molecule has 164 valence electrons. The number of anilines is 1. The minimum Gasteiger partial charge on any atom is -0.369 e. The van der Waals surface area contributed by atoms with Crippen molar-refractivity contribution < 1.29 is 0 Å². The van der Waals surface area contributed by atoms with Crippen molar-refractivity contribution in [1.82, 2.24) is 20.5 Å². The fourth-order valence-electron chi connectivity index (χ4n) is 3.40. The molecule has 0 unspecified atom stereocenters. The van der Waals surface area contributed by atoms with E-state index in [1.54, 1.807) is 0 Å². The number of pyridine rings is 1. The van der Waals surface area contributed by atoms with Gasteiger partial charge in [0.1, 0.15) is 0 Å². The van der Waals surface area contributed by atoms with Gasteiger partial charge in [0.05, 0.1) is 6.54 Å². The lowest BCUT2D eigenvalue weighted by Crippen LogP contribution is -2.44. The first-order chi connectivity index (χ1) is 14.2. The third-order valence-electron chi connectivity index (χ3n) is 5.08. The minimum absolute atomic E-state index is 0. The number of likely N-dealkylation sites (N-methyl/N-ethyl adjacent to an activating group) is 1. The van der Waals surface area contributed by atoms with Crippen LogP contribution in [-0.2, 0) is 13.0 Å². The smallest absolute Gasteiger partial charge is 0.191 e. The molecule has 0 aliphatic carbocycles. The Morgan fingerprint density at radius 1 is 1.10 bits per heavy atom. The Hall–Kier alpha value is -1.58. The molecule has 0 bridgehead atoms. The van der Waals surface area contributed by atoms with Crippen LogP contribution in [0.1, 0.15) is 18.2 Å². The van der Waals surface area contributed by atoms with Crippen LogP contribution < -0.4 is 15.5 Å². The number of aromatic nitrogens is 1. The molecule has 0 spiro atoms. The molecule has 1 aliphatic heterocycles. The van der Waals surface area contributed by atoms with E-state index in [1.807, 2.05) is 36.5 Å². The number of halogens is 2. The highest BCUT2D eigenvalue weighted by Gasteiger charge is 2.18. The molecule has 0 saturated carbocycles. The van der Waals surface area contributed by atoms with E-state index in [0.29, 0.717) is 6.54 Å². The fraction of sp³-hybridized carbons (Fsp3) is 0.455. The molecule has 1 aliphatic rings. The standard InChI is InChI=1S/C22H31ClN6.HI/c1-3-24-22(26-12-10-18-7-4-5-11-25-18)27-17-19-20(23)8-6-9-21(19)29-15-13-28(2)14-16-29;/h4-9,11H,3,10,12-17H2,1-2H3,(H2,24,26,27);1H. The van der Waals surface area contributed by atoms with E-state index in [0.717, 1.165) is 67.9 Å².